The zero-order valence-corrected chi connectivity index (χ0v) is 17.8. The smallest absolute Gasteiger partial charge is 0.251 e. The first kappa shape index (κ1) is 20.8. The number of aromatic amines is 1. The molecule has 0 spiro atoms. The Morgan fingerprint density at radius 2 is 1.61 bits per heavy atom. The minimum absolute atomic E-state index is 0.0368. The molecule has 3 N–H and O–H groups in total. The van der Waals surface area contributed by atoms with E-state index < -0.39 is 10.0 Å². The van der Waals surface area contributed by atoms with Crippen molar-refractivity contribution in [3.05, 3.63) is 102 Å². The molecule has 4 aromatic rings. The number of sulfonamides is 1. The number of rotatable bonds is 7. The zero-order chi connectivity index (χ0) is 21.8. The summed E-state index contributed by atoms with van der Waals surface area (Å²) in [6, 6.07) is 24.0. The quantitative estimate of drug-likeness (QED) is 0.416. The lowest BCUT2D eigenvalue weighted by Gasteiger charge is -2.18. The predicted molar refractivity (Wildman–Crippen MR) is 122 cm³/mol. The molecular formula is C24H23N3O3S. The second-order valence-corrected chi connectivity index (χ2v) is 9.08. The highest BCUT2D eigenvalue weighted by molar-refractivity contribution is 7.89. The summed E-state index contributed by atoms with van der Waals surface area (Å²) >= 11 is 0. The van der Waals surface area contributed by atoms with Gasteiger partial charge in [-0.05, 0) is 48.5 Å². The number of aromatic nitrogens is 1. The van der Waals surface area contributed by atoms with Gasteiger partial charge in [0.1, 0.15) is 0 Å². The Bertz CT molecular complexity index is 1300. The number of hydrogen-bond donors (Lipinski definition) is 3. The standard InChI is InChI=1S/C24H23N3O3S/c1-25-31(29,30)19-13-11-18(12-14-19)24(28)27-15-21(17-7-3-2-4-8-17)22-16-26-23-10-6-5-9-20(22)23/h2-14,16,21,25-26H,15H2,1H3,(H,27,28). The average molecular weight is 434 g/mol. The van der Waals surface area contributed by atoms with Crippen LogP contribution in [0, 0.1) is 0 Å². The van der Waals surface area contributed by atoms with Gasteiger partial charge in [-0.2, -0.15) is 0 Å². The first-order valence-electron chi connectivity index (χ1n) is 9.92. The fraction of sp³-hybridized carbons (Fsp3) is 0.125. The third-order valence-corrected chi connectivity index (χ3v) is 6.79. The van der Waals surface area contributed by atoms with Gasteiger partial charge in [0, 0.05) is 35.1 Å². The Hall–Kier alpha value is -3.42. The molecule has 0 fully saturated rings. The van der Waals surface area contributed by atoms with Crippen molar-refractivity contribution in [1.29, 1.82) is 0 Å². The predicted octanol–water partition coefficient (Wildman–Crippen LogP) is 3.64. The van der Waals surface area contributed by atoms with Crippen molar-refractivity contribution in [2.45, 2.75) is 10.8 Å². The van der Waals surface area contributed by atoms with Crippen molar-refractivity contribution in [3.63, 3.8) is 0 Å². The summed E-state index contributed by atoms with van der Waals surface area (Å²) in [5, 5.41) is 4.12. The number of hydrogen-bond acceptors (Lipinski definition) is 3. The maximum Gasteiger partial charge on any atom is 0.251 e. The van der Waals surface area contributed by atoms with Gasteiger partial charge in [-0.25, -0.2) is 13.1 Å². The fourth-order valence-corrected chi connectivity index (χ4v) is 4.41. The normalized spacial score (nSPS) is 12.5. The number of fused-ring (bicyclic) bond motifs is 1. The van der Waals surface area contributed by atoms with Crippen molar-refractivity contribution in [2.24, 2.45) is 0 Å². The molecule has 158 valence electrons. The van der Waals surface area contributed by atoms with Crippen LogP contribution in [0.15, 0.2) is 90.0 Å². The molecule has 0 aliphatic heterocycles. The molecule has 1 heterocycles. The summed E-state index contributed by atoms with van der Waals surface area (Å²) in [7, 11) is -2.19. The second kappa shape index (κ2) is 8.75. The van der Waals surface area contributed by atoms with Crippen LogP contribution in [0.25, 0.3) is 10.9 Å². The largest absolute Gasteiger partial charge is 0.361 e. The number of para-hydroxylation sites is 1. The van der Waals surface area contributed by atoms with Crippen LogP contribution in [-0.2, 0) is 10.0 Å². The van der Waals surface area contributed by atoms with Crippen LogP contribution in [0.5, 0.6) is 0 Å². The summed E-state index contributed by atoms with van der Waals surface area (Å²) in [6.45, 7) is 0.404. The van der Waals surface area contributed by atoms with Gasteiger partial charge in [0.2, 0.25) is 10.0 Å². The molecule has 0 saturated carbocycles. The van der Waals surface area contributed by atoms with Gasteiger partial charge in [-0.3, -0.25) is 4.79 Å². The number of carbonyl (C=O) groups is 1. The van der Waals surface area contributed by atoms with Gasteiger partial charge in [-0.15, -0.1) is 0 Å². The zero-order valence-electron chi connectivity index (χ0n) is 17.0. The Morgan fingerprint density at radius 3 is 2.32 bits per heavy atom. The number of benzene rings is 3. The third kappa shape index (κ3) is 4.38. The Kier molecular flexibility index (Phi) is 5.88. The van der Waals surface area contributed by atoms with Crippen molar-refractivity contribution in [3.8, 4) is 0 Å². The van der Waals surface area contributed by atoms with E-state index >= 15 is 0 Å². The molecule has 3 aromatic carbocycles. The van der Waals surface area contributed by atoms with E-state index in [9.17, 15) is 13.2 Å². The average Bonchev–Trinajstić information content (AvgIpc) is 3.24. The Labute approximate surface area is 181 Å². The van der Waals surface area contributed by atoms with Crippen LogP contribution in [0.3, 0.4) is 0 Å². The molecule has 0 aliphatic rings. The molecule has 1 amide bonds. The number of H-pyrrole nitrogens is 1. The van der Waals surface area contributed by atoms with E-state index in [1.54, 1.807) is 0 Å². The molecule has 1 atom stereocenters. The first-order chi connectivity index (χ1) is 15.0. The molecule has 0 bridgehead atoms. The highest BCUT2D eigenvalue weighted by atomic mass is 32.2. The summed E-state index contributed by atoms with van der Waals surface area (Å²) in [5.41, 5.74) is 3.66. The second-order valence-electron chi connectivity index (χ2n) is 7.19. The summed E-state index contributed by atoms with van der Waals surface area (Å²) in [5.74, 6) is -0.292. The number of amides is 1. The maximum absolute atomic E-state index is 12.8. The van der Waals surface area contributed by atoms with Crippen molar-refractivity contribution in [1.82, 2.24) is 15.0 Å². The molecule has 1 aromatic heterocycles. The summed E-state index contributed by atoms with van der Waals surface area (Å²) < 4.78 is 26.0. The molecule has 7 heteroatoms. The van der Waals surface area contributed by atoms with Crippen LogP contribution in [0.2, 0.25) is 0 Å². The van der Waals surface area contributed by atoms with Crippen molar-refractivity contribution >= 4 is 26.8 Å². The van der Waals surface area contributed by atoms with Gasteiger partial charge in [0.25, 0.3) is 5.91 Å². The van der Waals surface area contributed by atoms with Crippen LogP contribution in [0.4, 0.5) is 0 Å². The molecular weight excluding hydrogens is 410 g/mol. The topological polar surface area (TPSA) is 91.1 Å². The van der Waals surface area contributed by atoms with Gasteiger partial charge >= 0.3 is 0 Å². The van der Waals surface area contributed by atoms with Crippen LogP contribution in [0.1, 0.15) is 27.4 Å². The van der Waals surface area contributed by atoms with Crippen LogP contribution < -0.4 is 10.0 Å². The lowest BCUT2D eigenvalue weighted by Crippen LogP contribution is -2.29. The molecule has 1 unspecified atom stereocenters. The number of carbonyl (C=O) groups excluding carboxylic acids is 1. The molecule has 4 rings (SSSR count). The minimum Gasteiger partial charge on any atom is -0.361 e. The van der Waals surface area contributed by atoms with E-state index in [4.69, 9.17) is 0 Å². The Morgan fingerprint density at radius 1 is 0.935 bits per heavy atom. The number of nitrogens with one attached hydrogen (secondary N) is 3. The van der Waals surface area contributed by atoms with Gasteiger partial charge in [0.05, 0.1) is 4.90 Å². The van der Waals surface area contributed by atoms with Gasteiger partial charge < -0.3 is 10.3 Å². The van der Waals surface area contributed by atoms with Crippen molar-refractivity contribution < 1.29 is 13.2 Å². The van der Waals surface area contributed by atoms with E-state index in [-0.39, 0.29) is 16.7 Å². The van der Waals surface area contributed by atoms with E-state index in [1.165, 1.54) is 31.3 Å². The van der Waals surface area contributed by atoms with Gasteiger partial charge in [-0.1, -0.05) is 48.5 Å². The molecule has 0 aliphatic carbocycles. The SMILES string of the molecule is CNS(=O)(=O)c1ccc(C(=O)NCC(c2ccccc2)c2c[nH]c3ccccc23)cc1. The summed E-state index contributed by atoms with van der Waals surface area (Å²) in [4.78, 5) is 16.2. The molecule has 31 heavy (non-hydrogen) atoms. The maximum atomic E-state index is 12.8. The van der Waals surface area contributed by atoms with Gasteiger partial charge in [0.15, 0.2) is 0 Å². The summed E-state index contributed by atoms with van der Waals surface area (Å²) in [6.07, 6.45) is 1.99. The minimum atomic E-state index is -3.54. The monoisotopic (exact) mass is 433 g/mol. The van der Waals surface area contributed by atoms with E-state index in [1.807, 2.05) is 42.6 Å². The molecule has 0 saturated heterocycles. The van der Waals surface area contributed by atoms with Crippen LogP contribution in [-0.4, -0.2) is 32.9 Å². The fourth-order valence-electron chi connectivity index (χ4n) is 3.68. The van der Waals surface area contributed by atoms with E-state index in [0.29, 0.717) is 12.1 Å². The van der Waals surface area contributed by atoms with E-state index in [2.05, 4.69) is 33.2 Å². The lowest BCUT2D eigenvalue weighted by atomic mass is 9.91. The third-order valence-electron chi connectivity index (χ3n) is 5.36. The van der Waals surface area contributed by atoms with Crippen molar-refractivity contribution in [2.75, 3.05) is 13.6 Å². The Balaban J connectivity index is 1.58. The molecule has 6 nitrogen and oxygen atoms in total. The van der Waals surface area contributed by atoms with Crippen LogP contribution >= 0.6 is 0 Å². The molecule has 0 radical (unpaired) electrons. The first-order valence-corrected chi connectivity index (χ1v) is 11.4. The van der Waals surface area contributed by atoms with E-state index in [0.717, 1.165) is 22.0 Å². The highest BCUT2D eigenvalue weighted by Crippen LogP contribution is 2.30. The lowest BCUT2D eigenvalue weighted by molar-refractivity contribution is 0.0952. The highest BCUT2D eigenvalue weighted by Gasteiger charge is 2.19.